The maximum atomic E-state index is 10.7. The first-order chi connectivity index (χ1) is 6.74. The molecule has 76 valence electrons. The first-order valence-corrected chi connectivity index (χ1v) is 4.28. The van der Waals surface area contributed by atoms with E-state index in [2.05, 4.69) is 10.1 Å². The highest BCUT2D eigenvalue weighted by molar-refractivity contribution is 5.81. The molecule has 0 amide bonds. The van der Waals surface area contributed by atoms with E-state index in [-0.39, 0.29) is 12.0 Å². The average Bonchev–Trinajstić information content (AvgIpc) is 2.70. The number of esters is 1. The molecule has 14 heavy (non-hydrogen) atoms. The van der Waals surface area contributed by atoms with E-state index in [4.69, 9.17) is 4.42 Å². The monoisotopic (exact) mass is 195 g/mol. The second-order valence-electron chi connectivity index (χ2n) is 2.76. The Hall–Kier alpha value is -1.71. The Morgan fingerprint density at radius 2 is 2.50 bits per heavy atom. The van der Waals surface area contributed by atoms with Crippen molar-refractivity contribution in [2.45, 2.75) is 13.0 Å². The van der Waals surface area contributed by atoms with Gasteiger partial charge in [0, 0.05) is 12.3 Å². The van der Waals surface area contributed by atoms with Crippen LogP contribution in [0.2, 0.25) is 0 Å². The van der Waals surface area contributed by atoms with Crippen LogP contribution in [0.1, 0.15) is 18.7 Å². The Balaban J connectivity index is 2.39. The minimum absolute atomic E-state index is 0.0332. The summed E-state index contributed by atoms with van der Waals surface area (Å²) in [6.07, 6.45) is 4.47. The van der Waals surface area contributed by atoms with Gasteiger partial charge in [0.05, 0.1) is 19.4 Å². The molecule has 0 unspecified atom stereocenters. The zero-order chi connectivity index (χ0) is 10.4. The van der Waals surface area contributed by atoms with Crippen molar-refractivity contribution in [1.82, 2.24) is 5.32 Å². The van der Waals surface area contributed by atoms with Crippen LogP contribution in [0.4, 0.5) is 0 Å². The highest BCUT2D eigenvalue weighted by atomic mass is 16.5. The number of furan rings is 1. The quantitative estimate of drug-likeness (QED) is 0.586. The summed E-state index contributed by atoms with van der Waals surface area (Å²) < 4.78 is 9.60. The molecule has 0 aliphatic carbocycles. The molecule has 1 rings (SSSR count). The minimum atomic E-state index is -0.385. The predicted molar refractivity (Wildman–Crippen MR) is 51.4 cm³/mol. The molecule has 1 atom stereocenters. The molecule has 1 heterocycles. The average molecular weight is 195 g/mol. The van der Waals surface area contributed by atoms with E-state index in [0.29, 0.717) is 0 Å². The van der Waals surface area contributed by atoms with Crippen LogP contribution in [-0.2, 0) is 9.53 Å². The van der Waals surface area contributed by atoms with Gasteiger partial charge in [0.15, 0.2) is 0 Å². The molecule has 0 saturated heterocycles. The van der Waals surface area contributed by atoms with Crippen LogP contribution in [0.5, 0.6) is 0 Å². The van der Waals surface area contributed by atoms with Gasteiger partial charge >= 0.3 is 5.97 Å². The Bertz CT molecular complexity index is 303. The van der Waals surface area contributed by atoms with Gasteiger partial charge < -0.3 is 14.5 Å². The van der Waals surface area contributed by atoms with Crippen LogP contribution >= 0.6 is 0 Å². The van der Waals surface area contributed by atoms with Gasteiger partial charge in [-0.1, -0.05) is 0 Å². The molecule has 0 aliphatic heterocycles. The molecule has 1 aromatic rings. The number of rotatable bonds is 4. The second kappa shape index (κ2) is 5.11. The van der Waals surface area contributed by atoms with Gasteiger partial charge in [0.1, 0.15) is 5.76 Å². The van der Waals surface area contributed by atoms with Crippen molar-refractivity contribution < 1.29 is 13.9 Å². The molecule has 1 aromatic heterocycles. The molecule has 0 radical (unpaired) electrons. The maximum absolute atomic E-state index is 10.7. The van der Waals surface area contributed by atoms with Crippen molar-refractivity contribution in [2.24, 2.45) is 0 Å². The molecule has 0 aromatic carbocycles. The molecular formula is C10H13NO3. The van der Waals surface area contributed by atoms with E-state index in [1.54, 1.807) is 12.5 Å². The molecule has 1 N–H and O–H groups in total. The molecule has 0 aliphatic rings. The third kappa shape index (κ3) is 2.97. The first-order valence-electron chi connectivity index (χ1n) is 4.28. The SMILES string of the molecule is COC(=O)/C=C/N[C@@H](C)c1ccco1. The normalized spacial score (nSPS) is 12.7. The van der Waals surface area contributed by atoms with Crippen LogP contribution < -0.4 is 5.32 Å². The van der Waals surface area contributed by atoms with Crippen LogP contribution in [0.15, 0.2) is 35.1 Å². The summed E-state index contributed by atoms with van der Waals surface area (Å²) in [5.74, 6) is 0.434. The van der Waals surface area contributed by atoms with Gasteiger partial charge in [-0.05, 0) is 19.1 Å². The van der Waals surface area contributed by atoms with Crippen LogP contribution in [0.25, 0.3) is 0 Å². The lowest BCUT2D eigenvalue weighted by atomic mass is 10.2. The van der Waals surface area contributed by atoms with Crippen molar-refractivity contribution in [2.75, 3.05) is 7.11 Å². The van der Waals surface area contributed by atoms with Gasteiger partial charge in [-0.3, -0.25) is 0 Å². The summed E-state index contributed by atoms with van der Waals surface area (Å²) in [7, 11) is 1.34. The number of carbonyl (C=O) groups is 1. The van der Waals surface area contributed by atoms with Crippen molar-refractivity contribution in [3.63, 3.8) is 0 Å². The molecular weight excluding hydrogens is 182 g/mol. The van der Waals surface area contributed by atoms with Gasteiger partial charge in [0.25, 0.3) is 0 Å². The lowest BCUT2D eigenvalue weighted by Crippen LogP contribution is -2.11. The van der Waals surface area contributed by atoms with Crippen molar-refractivity contribution >= 4 is 5.97 Å². The van der Waals surface area contributed by atoms with Gasteiger partial charge in [0.2, 0.25) is 0 Å². The Labute approximate surface area is 82.6 Å². The minimum Gasteiger partial charge on any atom is -0.467 e. The number of carbonyl (C=O) groups excluding carboxylic acids is 1. The van der Waals surface area contributed by atoms with Gasteiger partial charge in [-0.15, -0.1) is 0 Å². The Morgan fingerprint density at radius 1 is 1.71 bits per heavy atom. The fourth-order valence-corrected chi connectivity index (χ4v) is 0.948. The fourth-order valence-electron chi connectivity index (χ4n) is 0.948. The number of hydrogen-bond donors (Lipinski definition) is 1. The first kappa shape index (κ1) is 10.4. The summed E-state index contributed by atoms with van der Waals surface area (Å²) in [5, 5.41) is 2.98. The number of hydrogen-bond acceptors (Lipinski definition) is 4. The Morgan fingerprint density at radius 3 is 3.07 bits per heavy atom. The van der Waals surface area contributed by atoms with Crippen molar-refractivity contribution in [1.29, 1.82) is 0 Å². The third-order valence-corrected chi connectivity index (χ3v) is 1.74. The van der Waals surface area contributed by atoms with Crippen LogP contribution in [-0.4, -0.2) is 13.1 Å². The molecule has 4 heteroatoms. The molecule has 4 nitrogen and oxygen atoms in total. The van der Waals surface area contributed by atoms with E-state index < -0.39 is 0 Å². The topological polar surface area (TPSA) is 51.5 Å². The maximum Gasteiger partial charge on any atom is 0.331 e. The van der Waals surface area contributed by atoms with Gasteiger partial charge in [-0.2, -0.15) is 0 Å². The van der Waals surface area contributed by atoms with E-state index in [9.17, 15) is 4.79 Å². The molecule has 0 spiro atoms. The van der Waals surface area contributed by atoms with E-state index in [1.165, 1.54) is 13.2 Å². The van der Waals surface area contributed by atoms with E-state index in [0.717, 1.165) is 5.76 Å². The molecule has 0 bridgehead atoms. The summed E-state index contributed by atoms with van der Waals surface area (Å²) in [5.41, 5.74) is 0. The summed E-state index contributed by atoms with van der Waals surface area (Å²) >= 11 is 0. The van der Waals surface area contributed by atoms with E-state index >= 15 is 0 Å². The van der Waals surface area contributed by atoms with Crippen LogP contribution in [0.3, 0.4) is 0 Å². The smallest absolute Gasteiger partial charge is 0.331 e. The molecule has 0 saturated carbocycles. The van der Waals surface area contributed by atoms with Crippen molar-refractivity contribution in [3.05, 3.63) is 36.4 Å². The summed E-state index contributed by atoms with van der Waals surface area (Å²) in [6, 6.07) is 3.71. The zero-order valence-corrected chi connectivity index (χ0v) is 8.19. The molecule has 0 fully saturated rings. The number of nitrogens with one attached hydrogen (secondary N) is 1. The number of ether oxygens (including phenoxy) is 1. The lowest BCUT2D eigenvalue weighted by molar-refractivity contribution is -0.134. The second-order valence-corrected chi connectivity index (χ2v) is 2.76. The third-order valence-electron chi connectivity index (χ3n) is 1.74. The number of methoxy groups -OCH3 is 1. The fraction of sp³-hybridized carbons (Fsp3) is 0.300. The standard InChI is InChI=1S/C10H13NO3/c1-8(9-4-3-7-14-9)11-6-5-10(12)13-2/h3-8,11H,1-2H3/b6-5+/t8-/m0/s1. The van der Waals surface area contributed by atoms with E-state index in [1.807, 2.05) is 19.1 Å². The highest BCUT2D eigenvalue weighted by Gasteiger charge is 2.04. The van der Waals surface area contributed by atoms with Crippen molar-refractivity contribution in [3.8, 4) is 0 Å². The largest absolute Gasteiger partial charge is 0.467 e. The van der Waals surface area contributed by atoms with Gasteiger partial charge in [-0.25, -0.2) is 4.79 Å². The summed E-state index contributed by atoms with van der Waals surface area (Å²) in [6.45, 7) is 1.93. The highest BCUT2D eigenvalue weighted by Crippen LogP contribution is 2.11. The summed E-state index contributed by atoms with van der Waals surface area (Å²) in [4.78, 5) is 10.7. The zero-order valence-electron chi connectivity index (χ0n) is 8.19. The Kier molecular flexibility index (Phi) is 3.79. The lowest BCUT2D eigenvalue weighted by Gasteiger charge is -2.07. The van der Waals surface area contributed by atoms with Crippen LogP contribution in [0, 0.1) is 0 Å². The predicted octanol–water partition coefficient (Wildman–Crippen LogP) is 1.62.